The average Bonchev–Trinajstić information content (AvgIpc) is 2.44. The molecule has 5 heteroatoms. The van der Waals surface area contributed by atoms with Crippen LogP contribution in [0, 0.1) is 17.2 Å². The second-order valence-corrected chi connectivity index (χ2v) is 5.67. The van der Waals surface area contributed by atoms with Gasteiger partial charge in [0.05, 0.1) is 31.8 Å². The summed E-state index contributed by atoms with van der Waals surface area (Å²) in [7, 11) is 0. The first-order valence-corrected chi connectivity index (χ1v) is 5.29. The van der Waals surface area contributed by atoms with E-state index in [-0.39, 0.29) is 5.92 Å². The first-order valence-electron chi connectivity index (χ1n) is 3.78. The van der Waals surface area contributed by atoms with Crippen LogP contribution < -0.4 is 0 Å². The second kappa shape index (κ2) is 2.70. The fourth-order valence-electron chi connectivity index (χ4n) is 2.01. The fourth-order valence-corrected chi connectivity index (χ4v) is 3.78. The van der Waals surface area contributed by atoms with Gasteiger partial charge in [0.2, 0.25) is 0 Å². The van der Waals surface area contributed by atoms with Gasteiger partial charge in [0, 0.05) is 0 Å². The summed E-state index contributed by atoms with van der Waals surface area (Å²) in [5.41, 5.74) is 0. The lowest BCUT2D eigenvalue weighted by Crippen LogP contribution is -2.26. The molecule has 2 aliphatic carbocycles. The Morgan fingerprint density at radius 1 is 1.31 bits per heavy atom. The number of halogens is 4. The van der Waals surface area contributed by atoms with Crippen molar-refractivity contribution in [3.05, 3.63) is 10.1 Å². The lowest BCUT2D eigenvalue weighted by Gasteiger charge is -2.24. The van der Waals surface area contributed by atoms with Crippen molar-refractivity contribution in [2.24, 2.45) is 5.92 Å². The number of hydrogen-bond acceptors (Lipinski definition) is 1. The number of fused-ring (bicyclic) bond motifs is 2. The van der Waals surface area contributed by atoms with Crippen LogP contribution in [0.25, 0.3) is 0 Å². The zero-order valence-electron chi connectivity index (χ0n) is 6.45. The molecule has 0 aliphatic heterocycles. The van der Waals surface area contributed by atoms with Crippen molar-refractivity contribution < 1.29 is 0 Å². The maximum Gasteiger partial charge on any atom is 0.0991 e. The average molecular weight is 257 g/mol. The van der Waals surface area contributed by atoms with E-state index in [0.29, 0.717) is 22.9 Å². The van der Waals surface area contributed by atoms with Crippen molar-refractivity contribution in [2.75, 3.05) is 0 Å². The van der Waals surface area contributed by atoms with E-state index in [1.54, 1.807) is 0 Å². The molecule has 13 heavy (non-hydrogen) atoms. The van der Waals surface area contributed by atoms with Gasteiger partial charge in [-0.25, -0.2) is 0 Å². The Balaban J connectivity index is 2.54. The molecule has 1 saturated carbocycles. The summed E-state index contributed by atoms with van der Waals surface area (Å²) in [6, 6.07) is 2.12. The molecule has 0 N–H and O–H groups in total. The number of hydrogen-bond donors (Lipinski definition) is 0. The summed E-state index contributed by atoms with van der Waals surface area (Å²) in [6.45, 7) is 0. The molecule has 0 aromatic rings. The van der Waals surface area contributed by atoms with Gasteiger partial charge >= 0.3 is 0 Å². The summed E-state index contributed by atoms with van der Waals surface area (Å²) in [6.07, 6.45) is 0.947. The number of nitriles is 1. The van der Waals surface area contributed by atoms with Gasteiger partial charge in [-0.05, 0) is 12.8 Å². The normalized spacial score (nSPS) is 48.4. The number of rotatable bonds is 0. The minimum absolute atomic E-state index is 0.332. The molecule has 0 aromatic carbocycles. The molecule has 2 rings (SSSR count). The summed E-state index contributed by atoms with van der Waals surface area (Å²) in [5.74, 6) is -0.332. The third-order valence-electron chi connectivity index (χ3n) is 2.72. The van der Waals surface area contributed by atoms with Crippen LogP contribution in [0.4, 0.5) is 0 Å². The monoisotopic (exact) mass is 255 g/mol. The van der Waals surface area contributed by atoms with Crippen LogP contribution >= 0.6 is 46.4 Å². The summed E-state index contributed by atoms with van der Waals surface area (Å²) in [4.78, 5) is -1.53. The minimum Gasteiger partial charge on any atom is -0.198 e. The standard InChI is InChI=1S/C8H5Cl4N/c9-5-6(10)8(12)3-7(5,11)1-4(8)2-13/h4H,1,3H2/t4-,7-,8+/m0/s1. The Hall–Kier alpha value is 0.390. The predicted octanol–water partition coefficient (Wildman–Crippen LogP) is 3.58. The van der Waals surface area contributed by atoms with E-state index in [4.69, 9.17) is 51.7 Å². The highest BCUT2D eigenvalue weighted by atomic mass is 35.5. The smallest absolute Gasteiger partial charge is 0.0991 e. The van der Waals surface area contributed by atoms with Crippen molar-refractivity contribution in [1.82, 2.24) is 0 Å². The van der Waals surface area contributed by atoms with E-state index in [1.165, 1.54) is 0 Å². The van der Waals surface area contributed by atoms with E-state index >= 15 is 0 Å². The Morgan fingerprint density at radius 2 is 1.92 bits per heavy atom. The molecule has 2 aliphatic rings. The number of nitrogens with zero attached hydrogens (tertiary/aromatic N) is 1. The Morgan fingerprint density at radius 3 is 2.31 bits per heavy atom. The van der Waals surface area contributed by atoms with E-state index in [0.717, 1.165) is 0 Å². The molecular weight excluding hydrogens is 252 g/mol. The van der Waals surface area contributed by atoms with Crippen molar-refractivity contribution in [2.45, 2.75) is 22.6 Å². The van der Waals surface area contributed by atoms with E-state index in [1.807, 2.05) is 0 Å². The van der Waals surface area contributed by atoms with Crippen LogP contribution in [-0.4, -0.2) is 9.75 Å². The molecule has 2 bridgehead atoms. The van der Waals surface area contributed by atoms with Crippen LogP contribution in [0.15, 0.2) is 10.1 Å². The number of allylic oxidation sites excluding steroid dienone is 2. The Labute approximate surface area is 96.2 Å². The van der Waals surface area contributed by atoms with Crippen LogP contribution in [0.3, 0.4) is 0 Å². The van der Waals surface area contributed by atoms with Crippen molar-refractivity contribution >= 4 is 46.4 Å². The second-order valence-electron chi connectivity index (χ2n) is 3.52. The molecule has 0 amide bonds. The van der Waals surface area contributed by atoms with Gasteiger partial charge in [0.15, 0.2) is 0 Å². The van der Waals surface area contributed by atoms with Crippen molar-refractivity contribution in [3.63, 3.8) is 0 Å². The van der Waals surface area contributed by atoms with Crippen LogP contribution in [0.1, 0.15) is 12.8 Å². The lowest BCUT2D eigenvalue weighted by atomic mass is 9.94. The van der Waals surface area contributed by atoms with Gasteiger partial charge in [-0.15, -0.1) is 23.2 Å². The maximum absolute atomic E-state index is 8.85. The summed E-state index contributed by atoms with van der Waals surface area (Å²) >= 11 is 24.3. The first kappa shape index (κ1) is 9.93. The summed E-state index contributed by atoms with van der Waals surface area (Å²) in [5, 5.41) is 9.62. The molecular formula is C8H5Cl4N. The molecule has 0 radical (unpaired) electrons. The molecule has 0 spiro atoms. The molecule has 1 nitrogen and oxygen atoms in total. The zero-order chi connectivity index (χ0) is 9.85. The summed E-state index contributed by atoms with van der Waals surface area (Å²) < 4.78 is 0. The number of alkyl halides is 2. The molecule has 0 saturated heterocycles. The van der Waals surface area contributed by atoms with Crippen LogP contribution in [0.5, 0.6) is 0 Å². The topological polar surface area (TPSA) is 23.8 Å². The molecule has 0 aromatic heterocycles. The van der Waals surface area contributed by atoms with Gasteiger partial charge in [0.1, 0.15) is 0 Å². The quantitative estimate of drug-likeness (QED) is 0.608. The van der Waals surface area contributed by atoms with Gasteiger partial charge in [-0.2, -0.15) is 5.26 Å². The van der Waals surface area contributed by atoms with Crippen LogP contribution in [-0.2, 0) is 0 Å². The molecule has 0 heterocycles. The Kier molecular flexibility index (Phi) is 2.06. The van der Waals surface area contributed by atoms with Gasteiger partial charge in [-0.3, -0.25) is 0 Å². The first-order chi connectivity index (χ1) is 5.94. The predicted molar refractivity (Wildman–Crippen MR) is 54.2 cm³/mol. The van der Waals surface area contributed by atoms with E-state index in [2.05, 4.69) is 6.07 Å². The minimum atomic E-state index is -0.838. The molecule has 3 atom stereocenters. The van der Waals surface area contributed by atoms with Crippen LogP contribution in [0.2, 0.25) is 0 Å². The van der Waals surface area contributed by atoms with Crippen molar-refractivity contribution in [3.8, 4) is 6.07 Å². The lowest BCUT2D eigenvalue weighted by molar-refractivity contribution is 0.585. The molecule has 70 valence electrons. The largest absolute Gasteiger partial charge is 0.198 e. The van der Waals surface area contributed by atoms with Gasteiger partial charge < -0.3 is 0 Å². The fraction of sp³-hybridized carbons (Fsp3) is 0.625. The third-order valence-corrected chi connectivity index (χ3v) is 5.15. The highest BCUT2D eigenvalue weighted by Gasteiger charge is 2.63. The highest BCUT2D eigenvalue weighted by Crippen LogP contribution is 2.64. The third kappa shape index (κ3) is 1.07. The maximum atomic E-state index is 8.85. The van der Waals surface area contributed by atoms with E-state index in [9.17, 15) is 0 Å². The zero-order valence-corrected chi connectivity index (χ0v) is 9.47. The Bertz CT molecular complexity index is 345. The molecule has 1 fully saturated rings. The molecule has 0 unspecified atom stereocenters. The van der Waals surface area contributed by atoms with Gasteiger partial charge in [0.25, 0.3) is 0 Å². The van der Waals surface area contributed by atoms with Crippen molar-refractivity contribution in [1.29, 1.82) is 5.26 Å². The SMILES string of the molecule is N#C[C@@H]1C[C@]2(Cl)C[C@]1(Cl)C(Cl)=C2Cl. The van der Waals surface area contributed by atoms with Gasteiger partial charge in [-0.1, -0.05) is 23.2 Å². The highest BCUT2D eigenvalue weighted by molar-refractivity contribution is 6.51. The van der Waals surface area contributed by atoms with E-state index < -0.39 is 9.75 Å².